The van der Waals surface area contributed by atoms with E-state index < -0.39 is 6.09 Å². The summed E-state index contributed by atoms with van der Waals surface area (Å²) in [4.78, 5) is 28.4. The van der Waals surface area contributed by atoms with Gasteiger partial charge in [-0.05, 0) is 19.3 Å². The minimum atomic E-state index is -0.407. The topological polar surface area (TPSA) is 110 Å². The van der Waals surface area contributed by atoms with Crippen LogP contribution in [0.4, 0.5) is 4.79 Å². The number of nitrogens with zero attached hydrogens (tertiary/aromatic N) is 5. The van der Waals surface area contributed by atoms with E-state index in [0.29, 0.717) is 44.8 Å². The van der Waals surface area contributed by atoms with E-state index in [1.165, 1.54) is 4.90 Å². The second-order valence-electron chi connectivity index (χ2n) is 8.83. The van der Waals surface area contributed by atoms with Gasteiger partial charge in [0.2, 0.25) is 5.91 Å². The zero-order chi connectivity index (χ0) is 23.0. The summed E-state index contributed by atoms with van der Waals surface area (Å²) in [7, 11) is 1.68. The molecule has 176 valence electrons. The Morgan fingerprint density at radius 3 is 2.84 bits per heavy atom. The summed E-state index contributed by atoms with van der Waals surface area (Å²) < 4.78 is 13.2. The van der Waals surface area contributed by atoms with Crippen molar-refractivity contribution in [3.05, 3.63) is 11.9 Å². The van der Waals surface area contributed by atoms with E-state index in [4.69, 9.17) is 9.47 Å². The highest BCUT2D eigenvalue weighted by Crippen LogP contribution is 2.17. The number of aryl methyl sites for hydroxylation is 1. The van der Waals surface area contributed by atoms with Gasteiger partial charge in [0.25, 0.3) is 0 Å². The van der Waals surface area contributed by atoms with Crippen molar-refractivity contribution in [3.63, 3.8) is 0 Å². The molecule has 3 atom stereocenters. The molecule has 1 aliphatic heterocycles. The summed E-state index contributed by atoms with van der Waals surface area (Å²) >= 11 is 0. The Labute approximate surface area is 184 Å². The molecule has 2 rings (SSSR count). The number of likely N-dealkylation sites (N-methyl/N-ethyl adjacent to an activating group) is 1. The predicted molar refractivity (Wildman–Crippen MR) is 114 cm³/mol. The SMILES string of the molecule is CC(C)COC(=O)N(C)C[C@@H]1OCc2cn(nn2)CCCC(=O)N([C@H](C)CO)C[C@H]1C. The number of hydrogen-bond donors (Lipinski definition) is 1. The first kappa shape index (κ1) is 25.1. The molecule has 0 unspecified atom stereocenters. The van der Waals surface area contributed by atoms with Gasteiger partial charge in [0.1, 0.15) is 5.69 Å². The van der Waals surface area contributed by atoms with E-state index in [1.54, 1.807) is 16.6 Å². The van der Waals surface area contributed by atoms with Gasteiger partial charge < -0.3 is 24.4 Å². The van der Waals surface area contributed by atoms with Crippen molar-refractivity contribution in [1.29, 1.82) is 0 Å². The van der Waals surface area contributed by atoms with Gasteiger partial charge in [-0.3, -0.25) is 9.48 Å². The Kier molecular flexibility index (Phi) is 9.70. The standard InChI is InChI=1S/C21H37N5O5/c1-15(2)13-31-21(29)24(5)11-19-16(3)9-26(17(4)12-27)20(28)7-6-8-25-10-18(14-30-19)22-23-25/h10,15-17,19,27H,6-9,11-14H2,1-5H3/t16-,17-,19+/m1/s1. The van der Waals surface area contributed by atoms with E-state index in [9.17, 15) is 14.7 Å². The summed E-state index contributed by atoms with van der Waals surface area (Å²) in [6.07, 6.45) is 2.05. The molecule has 0 radical (unpaired) electrons. The number of aliphatic hydroxyl groups is 1. The monoisotopic (exact) mass is 439 g/mol. The van der Waals surface area contributed by atoms with E-state index in [2.05, 4.69) is 10.3 Å². The van der Waals surface area contributed by atoms with Crippen molar-refractivity contribution in [1.82, 2.24) is 24.8 Å². The number of amides is 2. The second kappa shape index (κ2) is 12.0. The lowest BCUT2D eigenvalue weighted by atomic mass is 10.0. The van der Waals surface area contributed by atoms with Crippen molar-refractivity contribution in [3.8, 4) is 0 Å². The minimum absolute atomic E-state index is 0.0172. The van der Waals surface area contributed by atoms with Crippen molar-refractivity contribution in [2.75, 3.05) is 33.4 Å². The highest BCUT2D eigenvalue weighted by molar-refractivity contribution is 5.76. The van der Waals surface area contributed by atoms with Gasteiger partial charge in [-0.1, -0.05) is 26.0 Å². The average Bonchev–Trinajstić information content (AvgIpc) is 3.19. The van der Waals surface area contributed by atoms with E-state index in [-0.39, 0.29) is 43.1 Å². The molecule has 0 saturated carbocycles. The number of aliphatic hydroxyl groups excluding tert-OH is 1. The molecule has 2 heterocycles. The molecule has 1 aromatic rings. The molecule has 0 saturated heterocycles. The average molecular weight is 440 g/mol. The van der Waals surface area contributed by atoms with E-state index in [1.807, 2.05) is 33.9 Å². The van der Waals surface area contributed by atoms with Crippen molar-refractivity contribution in [2.45, 2.75) is 65.8 Å². The first-order valence-electron chi connectivity index (χ1n) is 11.0. The summed E-state index contributed by atoms with van der Waals surface area (Å²) in [5, 5.41) is 17.9. The summed E-state index contributed by atoms with van der Waals surface area (Å²) in [6.45, 7) is 9.59. The normalized spacial score (nSPS) is 21.8. The maximum atomic E-state index is 12.9. The molecule has 0 aromatic carbocycles. The molecule has 2 bridgehead atoms. The van der Waals surface area contributed by atoms with Gasteiger partial charge in [0.15, 0.2) is 0 Å². The predicted octanol–water partition coefficient (Wildman–Crippen LogP) is 1.53. The molecule has 1 N–H and O–H groups in total. The summed E-state index contributed by atoms with van der Waals surface area (Å²) in [6, 6.07) is -0.299. The highest BCUT2D eigenvalue weighted by atomic mass is 16.6. The number of ether oxygens (including phenoxy) is 2. The lowest BCUT2D eigenvalue weighted by Gasteiger charge is -2.35. The minimum Gasteiger partial charge on any atom is -0.449 e. The molecule has 0 aliphatic carbocycles. The fraction of sp³-hybridized carbons (Fsp3) is 0.810. The van der Waals surface area contributed by atoms with Crippen LogP contribution in [0.25, 0.3) is 0 Å². The molecule has 0 spiro atoms. The van der Waals surface area contributed by atoms with Crippen LogP contribution in [0, 0.1) is 11.8 Å². The largest absolute Gasteiger partial charge is 0.449 e. The van der Waals surface area contributed by atoms with Crippen LogP contribution in [0.3, 0.4) is 0 Å². The third kappa shape index (κ3) is 7.77. The van der Waals surface area contributed by atoms with Crippen LogP contribution in [0.15, 0.2) is 6.20 Å². The van der Waals surface area contributed by atoms with Crippen LogP contribution in [0.2, 0.25) is 0 Å². The lowest BCUT2D eigenvalue weighted by molar-refractivity contribution is -0.136. The van der Waals surface area contributed by atoms with Crippen LogP contribution in [-0.4, -0.2) is 87.4 Å². The van der Waals surface area contributed by atoms with E-state index >= 15 is 0 Å². The van der Waals surface area contributed by atoms with Crippen LogP contribution in [-0.2, 0) is 27.4 Å². The molecule has 10 nitrogen and oxygen atoms in total. The zero-order valence-corrected chi connectivity index (χ0v) is 19.4. The second-order valence-corrected chi connectivity index (χ2v) is 8.83. The Morgan fingerprint density at radius 2 is 2.16 bits per heavy atom. The summed E-state index contributed by atoms with van der Waals surface area (Å²) in [5.41, 5.74) is 0.702. The van der Waals surface area contributed by atoms with Crippen molar-refractivity contribution in [2.24, 2.45) is 11.8 Å². The van der Waals surface area contributed by atoms with Crippen molar-refractivity contribution >= 4 is 12.0 Å². The number of rotatable bonds is 6. The molecular formula is C21H37N5O5. The zero-order valence-electron chi connectivity index (χ0n) is 19.4. The molecule has 2 amide bonds. The first-order chi connectivity index (χ1) is 14.7. The third-order valence-electron chi connectivity index (χ3n) is 5.35. The number of aromatic nitrogens is 3. The third-order valence-corrected chi connectivity index (χ3v) is 5.35. The molecule has 1 aromatic heterocycles. The maximum absolute atomic E-state index is 12.9. The summed E-state index contributed by atoms with van der Waals surface area (Å²) in [5.74, 6) is 0.144. The van der Waals surface area contributed by atoms with Gasteiger partial charge in [-0.2, -0.15) is 0 Å². The molecule has 1 aliphatic rings. The Balaban J connectivity index is 2.17. The molecule has 0 fully saturated rings. The van der Waals surface area contributed by atoms with Crippen LogP contribution in [0.5, 0.6) is 0 Å². The smallest absolute Gasteiger partial charge is 0.409 e. The first-order valence-corrected chi connectivity index (χ1v) is 11.0. The molecule has 10 heteroatoms. The number of carbonyl (C=O) groups is 2. The van der Waals surface area contributed by atoms with Crippen LogP contribution in [0.1, 0.15) is 46.2 Å². The fourth-order valence-electron chi connectivity index (χ4n) is 3.39. The van der Waals surface area contributed by atoms with Crippen LogP contribution >= 0.6 is 0 Å². The van der Waals surface area contributed by atoms with Gasteiger partial charge >= 0.3 is 6.09 Å². The van der Waals surface area contributed by atoms with E-state index in [0.717, 1.165) is 0 Å². The Bertz CT molecular complexity index is 710. The molecule has 31 heavy (non-hydrogen) atoms. The Morgan fingerprint density at radius 1 is 1.42 bits per heavy atom. The number of fused-ring (bicyclic) bond motifs is 2. The number of hydrogen-bond acceptors (Lipinski definition) is 7. The number of carbonyl (C=O) groups excluding carboxylic acids is 2. The van der Waals surface area contributed by atoms with Gasteiger partial charge in [-0.25, -0.2) is 4.79 Å². The quantitative estimate of drug-likeness (QED) is 0.716. The van der Waals surface area contributed by atoms with Crippen molar-refractivity contribution < 1.29 is 24.2 Å². The maximum Gasteiger partial charge on any atom is 0.409 e. The van der Waals surface area contributed by atoms with Gasteiger partial charge in [-0.15, -0.1) is 5.10 Å². The lowest BCUT2D eigenvalue weighted by Crippen LogP contribution is -2.47. The fourth-order valence-corrected chi connectivity index (χ4v) is 3.39. The van der Waals surface area contributed by atoms with Gasteiger partial charge in [0.05, 0.1) is 44.7 Å². The highest BCUT2D eigenvalue weighted by Gasteiger charge is 2.29. The molecular weight excluding hydrogens is 402 g/mol. The van der Waals surface area contributed by atoms with Gasteiger partial charge in [0, 0.05) is 32.5 Å². The van der Waals surface area contributed by atoms with Crippen LogP contribution < -0.4 is 0 Å². The Hall–Kier alpha value is -2.20.